The van der Waals surface area contributed by atoms with Gasteiger partial charge in [-0.3, -0.25) is 0 Å². The fraction of sp³-hybridized carbons (Fsp3) is 1.00. The molecule has 2 aliphatic carbocycles. The molecule has 15 heavy (non-hydrogen) atoms. The Morgan fingerprint density at radius 2 is 1.47 bits per heavy atom. The first-order valence-corrected chi connectivity index (χ1v) is 5.94. The maximum absolute atomic E-state index is 13.9. The fourth-order valence-corrected chi connectivity index (χ4v) is 3.30. The number of hydrogen-bond donors (Lipinski definition) is 0. The largest absolute Gasteiger partial charge is 0.247 e. The third kappa shape index (κ3) is 1.78. The second kappa shape index (κ2) is 3.99. The van der Waals surface area contributed by atoms with Crippen LogP contribution in [-0.4, -0.2) is 18.5 Å². The van der Waals surface area contributed by atoms with Gasteiger partial charge in [0.1, 0.15) is 18.5 Å². The summed E-state index contributed by atoms with van der Waals surface area (Å²) < 4.78 is 41.1. The van der Waals surface area contributed by atoms with E-state index < -0.39 is 24.4 Å². The molecule has 0 radical (unpaired) electrons. The number of hydrogen-bond acceptors (Lipinski definition) is 0. The molecular formula is C12H19F3. The second-order valence-electron chi connectivity index (χ2n) is 5.44. The van der Waals surface area contributed by atoms with Gasteiger partial charge in [0.05, 0.1) is 0 Å². The van der Waals surface area contributed by atoms with Crippen LogP contribution in [0.1, 0.15) is 33.1 Å². The lowest BCUT2D eigenvalue weighted by Crippen LogP contribution is -2.51. The Balaban J connectivity index is 2.17. The summed E-state index contributed by atoms with van der Waals surface area (Å²) in [4.78, 5) is 0. The predicted octanol–water partition coefficient (Wildman–Crippen LogP) is 3.70. The summed E-state index contributed by atoms with van der Waals surface area (Å²) in [5.74, 6) is -0.972. The van der Waals surface area contributed by atoms with E-state index in [2.05, 4.69) is 0 Å². The van der Waals surface area contributed by atoms with E-state index in [-0.39, 0.29) is 11.8 Å². The first-order chi connectivity index (χ1) is 7.02. The Morgan fingerprint density at radius 3 is 2.13 bits per heavy atom. The average molecular weight is 220 g/mol. The van der Waals surface area contributed by atoms with E-state index in [1.165, 1.54) is 6.92 Å². The quantitative estimate of drug-likeness (QED) is 0.584. The molecule has 0 bridgehead atoms. The van der Waals surface area contributed by atoms with E-state index in [1.54, 1.807) is 0 Å². The highest BCUT2D eigenvalue weighted by Crippen LogP contribution is 2.47. The maximum Gasteiger partial charge on any atom is 0.137 e. The van der Waals surface area contributed by atoms with Crippen molar-refractivity contribution in [2.24, 2.45) is 23.7 Å². The normalized spacial score (nSPS) is 56.2. The monoisotopic (exact) mass is 220 g/mol. The summed E-state index contributed by atoms with van der Waals surface area (Å²) in [5.41, 5.74) is 0. The molecule has 0 heterocycles. The SMILES string of the molecule is CC1CCC2C(F)C(C)C(F)C(F)C2C1. The first kappa shape index (κ1) is 11.3. The standard InChI is InChI=1S/C12H19F3/c1-6-3-4-8-9(5-6)12(15)11(14)7(2)10(8)13/h6-12H,3-5H2,1-2H3. The van der Waals surface area contributed by atoms with E-state index in [1.807, 2.05) is 6.92 Å². The molecule has 2 saturated carbocycles. The summed E-state index contributed by atoms with van der Waals surface area (Å²) in [6.45, 7) is 3.54. The van der Waals surface area contributed by atoms with Crippen LogP contribution in [0.4, 0.5) is 13.2 Å². The summed E-state index contributed by atoms with van der Waals surface area (Å²) in [7, 11) is 0. The third-order valence-electron chi connectivity index (χ3n) is 4.34. The Labute approximate surface area is 89.2 Å². The minimum absolute atomic E-state index is 0.238. The number of alkyl halides is 3. The van der Waals surface area contributed by atoms with Crippen molar-refractivity contribution in [3.05, 3.63) is 0 Å². The van der Waals surface area contributed by atoms with Crippen molar-refractivity contribution < 1.29 is 13.2 Å². The topological polar surface area (TPSA) is 0 Å². The van der Waals surface area contributed by atoms with Gasteiger partial charge in [-0.2, -0.15) is 0 Å². The van der Waals surface area contributed by atoms with E-state index in [0.717, 1.165) is 12.8 Å². The van der Waals surface area contributed by atoms with Crippen LogP contribution in [0.5, 0.6) is 0 Å². The smallest absolute Gasteiger partial charge is 0.137 e. The Hall–Kier alpha value is -0.210. The zero-order chi connectivity index (χ0) is 11.2. The van der Waals surface area contributed by atoms with Gasteiger partial charge in [-0.05, 0) is 30.6 Å². The van der Waals surface area contributed by atoms with Crippen LogP contribution in [-0.2, 0) is 0 Å². The zero-order valence-corrected chi connectivity index (χ0v) is 9.30. The van der Waals surface area contributed by atoms with Crippen LogP contribution >= 0.6 is 0 Å². The van der Waals surface area contributed by atoms with E-state index >= 15 is 0 Å². The number of halogens is 3. The minimum Gasteiger partial charge on any atom is -0.247 e. The van der Waals surface area contributed by atoms with Crippen LogP contribution in [0.3, 0.4) is 0 Å². The lowest BCUT2D eigenvalue weighted by Gasteiger charge is -2.46. The molecule has 88 valence electrons. The molecule has 7 unspecified atom stereocenters. The van der Waals surface area contributed by atoms with E-state index in [4.69, 9.17) is 0 Å². The zero-order valence-electron chi connectivity index (χ0n) is 9.30. The highest BCUT2D eigenvalue weighted by atomic mass is 19.2. The molecular weight excluding hydrogens is 201 g/mol. The summed E-state index contributed by atoms with van der Waals surface area (Å²) >= 11 is 0. The lowest BCUT2D eigenvalue weighted by atomic mass is 9.63. The van der Waals surface area contributed by atoms with Gasteiger partial charge in [0, 0.05) is 5.92 Å². The number of fused-ring (bicyclic) bond motifs is 1. The van der Waals surface area contributed by atoms with Gasteiger partial charge in [0.2, 0.25) is 0 Å². The fourth-order valence-electron chi connectivity index (χ4n) is 3.30. The highest BCUT2D eigenvalue weighted by Gasteiger charge is 2.51. The Kier molecular flexibility index (Phi) is 3.00. The molecule has 0 aromatic carbocycles. The van der Waals surface area contributed by atoms with Crippen molar-refractivity contribution in [3.63, 3.8) is 0 Å². The number of rotatable bonds is 0. The van der Waals surface area contributed by atoms with Gasteiger partial charge in [-0.1, -0.05) is 20.3 Å². The molecule has 7 atom stereocenters. The molecule has 0 amide bonds. The van der Waals surface area contributed by atoms with Crippen LogP contribution in [0.15, 0.2) is 0 Å². The molecule has 0 aromatic heterocycles. The molecule has 2 rings (SSSR count). The van der Waals surface area contributed by atoms with Gasteiger partial charge in [0.15, 0.2) is 0 Å². The van der Waals surface area contributed by atoms with Gasteiger partial charge in [-0.15, -0.1) is 0 Å². The Morgan fingerprint density at radius 1 is 0.800 bits per heavy atom. The molecule has 0 aliphatic heterocycles. The average Bonchev–Trinajstić information content (AvgIpc) is 2.23. The first-order valence-electron chi connectivity index (χ1n) is 5.94. The third-order valence-corrected chi connectivity index (χ3v) is 4.34. The van der Waals surface area contributed by atoms with Crippen molar-refractivity contribution in [1.29, 1.82) is 0 Å². The van der Waals surface area contributed by atoms with Crippen LogP contribution in [0.2, 0.25) is 0 Å². The van der Waals surface area contributed by atoms with Crippen molar-refractivity contribution in [2.75, 3.05) is 0 Å². The predicted molar refractivity (Wildman–Crippen MR) is 53.8 cm³/mol. The molecule has 0 saturated heterocycles. The molecule has 2 aliphatic rings. The van der Waals surface area contributed by atoms with Gasteiger partial charge >= 0.3 is 0 Å². The van der Waals surface area contributed by atoms with Crippen molar-refractivity contribution in [3.8, 4) is 0 Å². The van der Waals surface area contributed by atoms with Crippen molar-refractivity contribution in [2.45, 2.75) is 51.6 Å². The molecule has 2 fully saturated rings. The highest BCUT2D eigenvalue weighted by molar-refractivity contribution is 4.99. The molecule has 0 aromatic rings. The molecule has 0 nitrogen and oxygen atoms in total. The Bertz CT molecular complexity index is 231. The summed E-state index contributed by atoms with van der Waals surface area (Å²) in [6.07, 6.45) is -1.86. The second-order valence-corrected chi connectivity index (χ2v) is 5.44. The van der Waals surface area contributed by atoms with E-state index in [9.17, 15) is 13.2 Å². The van der Waals surface area contributed by atoms with Crippen molar-refractivity contribution >= 4 is 0 Å². The van der Waals surface area contributed by atoms with Gasteiger partial charge in [0.25, 0.3) is 0 Å². The van der Waals surface area contributed by atoms with Gasteiger partial charge in [-0.25, -0.2) is 13.2 Å². The van der Waals surface area contributed by atoms with E-state index in [0.29, 0.717) is 12.3 Å². The molecule has 0 N–H and O–H groups in total. The lowest BCUT2D eigenvalue weighted by molar-refractivity contribution is -0.0832. The van der Waals surface area contributed by atoms with Crippen molar-refractivity contribution in [1.82, 2.24) is 0 Å². The van der Waals surface area contributed by atoms with Crippen LogP contribution in [0.25, 0.3) is 0 Å². The molecule has 0 spiro atoms. The minimum atomic E-state index is -1.61. The summed E-state index contributed by atoms with van der Waals surface area (Å²) in [6, 6.07) is 0. The maximum atomic E-state index is 13.9. The summed E-state index contributed by atoms with van der Waals surface area (Å²) in [5, 5.41) is 0. The van der Waals surface area contributed by atoms with Crippen LogP contribution in [0, 0.1) is 23.7 Å². The van der Waals surface area contributed by atoms with Crippen LogP contribution < -0.4 is 0 Å². The van der Waals surface area contributed by atoms with Gasteiger partial charge < -0.3 is 0 Å². The molecule has 3 heteroatoms.